The van der Waals surface area contributed by atoms with Crippen LogP contribution in [0.1, 0.15) is 24.1 Å². The van der Waals surface area contributed by atoms with Gasteiger partial charge in [0.2, 0.25) is 5.91 Å². The lowest BCUT2D eigenvalue weighted by molar-refractivity contribution is -0.123. The lowest BCUT2D eigenvalue weighted by atomic mass is 9.93. The molecule has 1 aliphatic heterocycles. The minimum atomic E-state index is -1.30. The summed E-state index contributed by atoms with van der Waals surface area (Å²) in [5, 5.41) is 21.1. The second-order valence-electron chi connectivity index (χ2n) is 8.97. The van der Waals surface area contributed by atoms with E-state index in [1.165, 1.54) is 12.1 Å². The normalized spacial score (nSPS) is 18.2. The number of β-amino-alcohol motifs (C(OH)–C–C–N with tert-alkyl or cyclic N) is 1. The summed E-state index contributed by atoms with van der Waals surface area (Å²) in [6, 6.07) is 17.6. The van der Waals surface area contributed by atoms with Crippen molar-refractivity contribution >= 4 is 34.8 Å². The number of carbonyl (C=O) groups is 1. The van der Waals surface area contributed by atoms with Gasteiger partial charge >= 0.3 is 0 Å². The third kappa shape index (κ3) is 5.99. The highest BCUT2D eigenvalue weighted by Gasteiger charge is 2.38. The Morgan fingerprint density at radius 2 is 1.78 bits per heavy atom. The Morgan fingerprint density at radius 3 is 2.42 bits per heavy atom. The number of aliphatic hydroxyl groups is 2. The van der Waals surface area contributed by atoms with Crippen LogP contribution in [0.4, 0.5) is 10.1 Å². The van der Waals surface area contributed by atoms with Crippen molar-refractivity contribution in [1.82, 2.24) is 4.90 Å². The van der Waals surface area contributed by atoms with Gasteiger partial charge < -0.3 is 19.8 Å². The highest BCUT2D eigenvalue weighted by Crippen LogP contribution is 2.38. The van der Waals surface area contributed by atoms with Gasteiger partial charge in [0.15, 0.2) is 0 Å². The average Bonchev–Trinajstić information content (AvgIpc) is 2.83. The van der Waals surface area contributed by atoms with Crippen molar-refractivity contribution in [3.8, 4) is 5.75 Å². The monoisotopic (exact) mass is 532 g/mol. The van der Waals surface area contributed by atoms with Crippen LogP contribution in [-0.4, -0.2) is 53.9 Å². The molecule has 4 rings (SSSR count). The summed E-state index contributed by atoms with van der Waals surface area (Å²) in [5.74, 6) is -0.0879. The first-order valence-corrected chi connectivity index (χ1v) is 12.2. The van der Waals surface area contributed by atoms with E-state index in [4.69, 9.17) is 33.0 Å². The molecular weight excluding hydrogens is 506 g/mol. The summed E-state index contributed by atoms with van der Waals surface area (Å²) < 4.78 is 18.8. The molecule has 6 nitrogen and oxygen atoms in total. The molecule has 0 aromatic heterocycles. The number of rotatable bonds is 8. The molecule has 0 saturated carbocycles. The number of amides is 1. The molecule has 0 bridgehead atoms. The first kappa shape index (κ1) is 26.4. The van der Waals surface area contributed by atoms with E-state index >= 15 is 0 Å². The van der Waals surface area contributed by atoms with E-state index in [-0.39, 0.29) is 38.0 Å². The molecule has 1 aliphatic rings. The van der Waals surface area contributed by atoms with E-state index in [0.29, 0.717) is 33.6 Å². The molecule has 0 unspecified atom stereocenters. The van der Waals surface area contributed by atoms with Crippen molar-refractivity contribution in [2.75, 3.05) is 37.7 Å². The fourth-order valence-electron chi connectivity index (χ4n) is 4.47. The molecule has 1 saturated heterocycles. The van der Waals surface area contributed by atoms with Crippen molar-refractivity contribution in [2.45, 2.75) is 18.6 Å². The molecule has 9 heteroatoms. The van der Waals surface area contributed by atoms with Gasteiger partial charge in [-0.05, 0) is 54.4 Å². The van der Waals surface area contributed by atoms with E-state index in [1.807, 2.05) is 17.0 Å². The third-order valence-electron chi connectivity index (χ3n) is 6.16. The van der Waals surface area contributed by atoms with E-state index < -0.39 is 11.6 Å². The van der Waals surface area contributed by atoms with Gasteiger partial charge in [-0.1, -0.05) is 47.5 Å². The maximum absolute atomic E-state index is 13.5. The predicted octanol–water partition coefficient (Wildman–Crippen LogP) is 4.80. The summed E-state index contributed by atoms with van der Waals surface area (Å²) in [6.45, 7) is 2.31. The number of carbonyl (C=O) groups excluding carboxylic acids is 1. The van der Waals surface area contributed by atoms with Crippen LogP contribution in [0.3, 0.4) is 0 Å². The Balaban J connectivity index is 1.64. The minimum absolute atomic E-state index is 0.0561. The topological polar surface area (TPSA) is 73.2 Å². The summed E-state index contributed by atoms with van der Waals surface area (Å²) in [4.78, 5) is 17.1. The number of piperazine rings is 1. The van der Waals surface area contributed by atoms with Gasteiger partial charge in [0.1, 0.15) is 18.2 Å². The second-order valence-corrected chi connectivity index (χ2v) is 9.81. The lowest BCUT2D eigenvalue weighted by Gasteiger charge is -2.43. The van der Waals surface area contributed by atoms with E-state index in [2.05, 4.69) is 0 Å². The molecule has 0 radical (unpaired) electrons. The number of halogens is 3. The molecule has 1 fully saturated rings. The van der Waals surface area contributed by atoms with E-state index in [9.17, 15) is 14.3 Å². The highest BCUT2D eigenvalue weighted by atomic mass is 35.5. The molecule has 1 amide bonds. The van der Waals surface area contributed by atoms with Crippen molar-refractivity contribution in [3.05, 3.63) is 93.7 Å². The zero-order valence-electron chi connectivity index (χ0n) is 19.7. The number of benzene rings is 3. The van der Waals surface area contributed by atoms with Crippen molar-refractivity contribution in [2.24, 2.45) is 0 Å². The van der Waals surface area contributed by atoms with Gasteiger partial charge in [-0.2, -0.15) is 0 Å². The molecule has 36 heavy (non-hydrogen) atoms. The molecule has 3 aromatic rings. The number of ether oxygens (including phenoxy) is 1. The molecule has 0 aliphatic carbocycles. The Labute approximate surface area is 219 Å². The number of anilines is 1. The zero-order chi connectivity index (χ0) is 25.9. The van der Waals surface area contributed by atoms with Crippen molar-refractivity contribution in [1.29, 1.82) is 0 Å². The third-order valence-corrected chi connectivity index (χ3v) is 6.72. The van der Waals surface area contributed by atoms with Crippen LogP contribution < -0.4 is 9.64 Å². The summed E-state index contributed by atoms with van der Waals surface area (Å²) in [5.41, 5.74) is 0.645. The Kier molecular flexibility index (Phi) is 8.17. The fourth-order valence-corrected chi connectivity index (χ4v) is 4.85. The second kappa shape index (κ2) is 11.2. The molecule has 190 valence electrons. The van der Waals surface area contributed by atoms with Crippen LogP contribution in [-0.2, 0) is 10.4 Å². The van der Waals surface area contributed by atoms with E-state index in [1.54, 1.807) is 54.3 Å². The number of hydrogen-bond acceptors (Lipinski definition) is 5. The van der Waals surface area contributed by atoms with Gasteiger partial charge in [0, 0.05) is 24.2 Å². The Bertz CT molecular complexity index is 1210. The van der Waals surface area contributed by atoms with Crippen molar-refractivity contribution in [3.63, 3.8) is 0 Å². The Hall–Kier alpha value is -2.68. The summed E-state index contributed by atoms with van der Waals surface area (Å²) >= 11 is 12.7. The molecule has 1 heterocycles. The Morgan fingerprint density at radius 1 is 1.08 bits per heavy atom. The largest absolute Gasteiger partial charge is 0.491 e. The maximum atomic E-state index is 13.5. The first-order valence-electron chi connectivity index (χ1n) is 11.5. The van der Waals surface area contributed by atoms with Gasteiger partial charge in [-0.15, -0.1) is 0 Å². The van der Waals surface area contributed by atoms with Crippen LogP contribution in [0.2, 0.25) is 10.0 Å². The van der Waals surface area contributed by atoms with E-state index in [0.717, 1.165) is 5.56 Å². The average molecular weight is 533 g/mol. The SMILES string of the molecule is C[C@@](O)(CN1CC(=O)N(c2ccc(OCCO)cc2Cl)[C@H](c2ccc(Cl)cc2)C1)c1ccc(F)cc1. The van der Waals surface area contributed by atoms with Crippen LogP contribution in [0.25, 0.3) is 0 Å². The van der Waals surface area contributed by atoms with Gasteiger partial charge in [0.25, 0.3) is 0 Å². The summed E-state index contributed by atoms with van der Waals surface area (Å²) in [6.07, 6.45) is 0. The summed E-state index contributed by atoms with van der Waals surface area (Å²) in [7, 11) is 0. The maximum Gasteiger partial charge on any atom is 0.241 e. The standard InChI is InChI=1S/C27H27Cl2FN2O4/c1-27(35,19-4-8-21(30)9-5-19)17-31-15-25(18-2-6-20(28)7-3-18)32(26(34)16-31)24-11-10-22(14-23(24)29)36-13-12-33/h2-11,14,25,33,35H,12-13,15-17H2,1H3/t25-,27+/m0/s1. The van der Waals surface area contributed by atoms with Crippen LogP contribution >= 0.6 is 23.2 Å². The van der Waals surface area contributed by atoms with Gasteiger partial charge in [0.05, 0.1) is 35.5 Å². The van der Waals surface area contributed by atoms with Crippen LogP contribution in [0.15, 0.2) is 66.7 Å². The van der Waals surface area contributed by atoms with Crippen molar-refractivity contribution < 1.29 is 24.1 Å². The van der Waals surface area contributed by atoms with Gasteiger partial charge in [-0.3, -0.25) is 9.69 Å². The molecule has 2 N–H and O–H groups in total. The predicted molar refractivity (Wildman–Crippen MR) is 138 cm³/mol. The van der Waals surface area contributed by atoms with Gasteiger partial charge in [-0.25, -0.2) is 4.39 Å². The number of nitrogens with zero attached hydrogens (tertiary/aromatic N) is 2. The first-order chi connectivity index (χ1) is 17.2. The lowest BCUT2D eigenvalue weighted by Crippen LogP contribution is -2.55. The molecule has 0 spiro atoms. The molecular formula is C27H27Cl2FN2O4. The zero-order valence-corrected chi connectivity index (χ0v) is 21.2. The quantitative estimate of drug-likeness (QED) is 0.435. The molecule has 2 atom stereocenters. The van der Waals surface area contributed by atoms with Crippen LogP contribution in [0, 0.1) is 5.82 Å². The van der Waals surface area contributed by atoms with Crippen LogP contribution in [0.5, 0.6) is 5.75 Å². The smallest absolute Gasteiger partial charge is 0.241 e. The minimum Gasteiger partial charge on any atom is -0.491 e. The number of aliphatic hydroxyl groups excluding tert-OH is 1. The molecule has 3 aromatic carbocycles. The number of hydrogen-bond donors (Lipinski definition) is 2. The highest BCUT2D eigenvalue weighted by molar-refractivity contribution is 6.34. The fraction of sp³-hybridized carbons (Fsp3) is 0.296.